The van der Waals surface area contributed by atoms with Crippen molar-refractivity contribution in [1.82, 2.24) is 5.32 Å². The molecule has 20 heavy (non-hydrogen) atoms. The standard InChI is InChI=1S/C17H26N2O/c1-12-6-4-8-15(10-12)14(3)19-16(20)17(18)9-5-7-13(2)11-17/h4,6,8,10,13-14H,5,7,9,11,18H2,1-3H3,(H,19,20)/t13?,14-,17?/m1/s1. The van der Waals surface area contributed by atoms with Crippen molar-refractivity contribution in [3.63, 3.8) is 0 Å². The highest BCUT2D eigenvalue weighted by molar-refractivity contribution is 5.86. The number of nitrogens with one attached hydrogen (secondary N) is 1. The van der Waals surface area contributed by atoms with E-state index in [1.165, 1.54) is 12.0 Å². The first-order valence-corrected chi connectivity index (χ1v) is 7.57. The Hall–Kier alpha value is -1.35. The maximum absolute atomic E-state index is 12.5. The van der Waals surface area contributed by atoms with E-state index in [0.717, 1.165) is 24.8 Å². The summed E-state index contributed by atoms with van der Waals surface area (Å²) in [5.74, 6) is 0.534. The van der Waals surface area contributed by atoms with E-state index in [4.69, 9.17) is 5.73 Å². The van der Waals surface area contributed by atoms with Crippen LogP contribution in [0.25, 0.3) is 0 Å². The Morgan fingerprint density at radius 1 is 1.50 bits per heavy atom. The van der Waals surface area contributed by atoms with Crippen molar-refractivity contribution in [3.05, 3.63) is 35.4 Å². The molecular formula is C17H26N2O. The molecule has 0 heterocycles. The summed E-state index contributed by atoms with van der Waals surface area (Å²) >= 11 is 0. The van der Waals surface area contributed by atoms with Crippen molar-refractivity contribution in [2.45, 2.75) is 58.0 Å². The second kappa shape index (κ2) is 5.96. The fraction of sp³-hybridized carbons (Fsp3) is 0.588. The van der Waals surface area contributed by atoms with Crippen LogP contribution in [-0.2, 0) is 4.79 Å². The van der Waals surface area contributed by atoms with Gasteiger partial charge in [0.2, 0.25) is 5.91 Å². The SMILES string of the molecule is Cc1cccc([C@@H](C)NC(=O)C2(N)CCCC(C)C2)c1. The zero-order valence-corrected chi connectivity index (χ0v) is 12.8. The molecule has 0 saturated heterocycles. The molecule has 3 nitrogen and oxygen atoms in total. The van der Waals surface area contributed by atoms with Crippen molar-refractivity contribution < 1.29 is 4.79 Å². The lowest BCUT2D eigenvalue weighted by atomic mass is 9.76. The second-order valence-corrected chi connectivity index (χ2v) is 6.47. The van der Waals surface area contributed by atoms with Gasteiger partial charge in [-0.25, -0.2) is 0 Å². The minimum atomic E-state index is -0.685. The first-order chi connectivity index (χ1) is 9.40. The molecule has 0 aliphatic heterocycles. The van der Waals surface area contributed by atoms with E-state index in [1.54, 1.807) is 0 Å². The van der Waals surface area contributed by atoms with Gasteiger partial charge >= 0.3 is 0 Å². The molecule has 3 heteroatoms. The van der Waals surface area contributed by atoms with Gasteiger partial charge in [0.25, 0.3) is 0 Å². The highest BCUT2D eigenvalue weighted by Gasteiger charge is 2.38. The zero-order chi connectivity index (χ0) is 14.8. The summed E-state index contributed by atoms with van der Waals surface area (Å²) in [7, 11) is 0. The third kappa shape index (κ3) is 3.40. The van der Waals surface area contributed by atoms with Gasteiger partial charge in [-0.3, -0.25) is 4.79 Å². The molecule has 1 aromatic rings. The van der Waals surface area contributed by atoms with Gasteiger partial charge in [-0.05, 0) is 38.2 Å². The minimum absolute atomic E-state index is 0.0000534. The molecule has 3 atom stereocenters. The van der Waals surface area contributed by atoms with Gasteiger partial charge in [-0.1, -0.05) is 49.6 Å². The Morgan fingerprint density at radius 2 is 2.25 bits per heavy atom. The van der Waals surface area contributed by atoms with Crippen LogP contribution in [-0.4, -0.2) is 11.4 Å². The molecule has 0 aromatic heterocycles. The summed E-state index contributed by atoms with van der Waals surface area (Å²) < 4.78 is 0. The molecule has 0 bridgehead atoms. The third-order valence-corrected chi connectivity index (χ3v) is 4.37. The molecule has 3 N–H and O–H groups in total. The van der Waals surface area contributed by atoms with Crippen LogP contribution in [0.3, 0.4) is 0 Å². The van der Waals surface area contributed by atoms with E-state index in [2.05, 4.69) is 31.3 Å². The number of carbonyl (C=O) groups is 1. The van der Waals surface area contributed by atoms with Crippen LogP contribution >= 0.6 is 0 Å². The molecule has 1 aliphatic carbocycles. The monoisotopic (exact) mass is 274 g/mol. The quantitative estimate of drug-likeness (QED) is 0.890. The van der Waals surface area contributed by atoms with Crippen LogP contribution in [0.15, 0.2) is 24.3 Å². The Bertz CT molecular complexity index is 486. The van der Waals surface area contributed by atoms with Crippen LogP contribution in [0, 0.1) is 12.8 Å². The summed E-state index contributed by atoms with van der Waals surface area (Å²) in [5.41, 5.74) is 7.99. The fourth-order valence-corrected chi connectivity index (χ4v) is 3.16. The molecule has 1 fully saturated rings. The van der Waals surface area contributed by atoms with Crippen molar-refractivity contribution in [3.8, 4) is 0 Å². The lowest BCUT2D eigenvalue weighted by Gasteiger charge is -2.36. The Morgan fingerprint density at radius 3 is 2.90 bits per heavy atom. The number of hydrogen-bond acceptors (Lipinski definition) is 2. The summed E-state index contributed by atoms with van der Waals surface area (Å²) in [6.45, 7) is 6.26. The molecule has 1 aromatic carbocycles. The first-order valence-electron chi connectivity index (χ1n) is 7.57. The van der Waals surface area contributed by atoms with Crippen LogP contribution in [0.5, 0.6) is 0 Å². The number of carbonyl (C=O) groups excluding carboxylic acids is 1. The largest absolute Gasteiger partial charge is 0.348 e. The molecule has 0 spiro atoms. The van der Waals surface area contributed by atoms with Gasteiger partial charge in [0.1, 0.15) is 0 Å². The van der Waals surface area contributed by atoms with Gasteiger partial charge in [0.15, 0.2) is 0 Å². The van der Waals surface area contributed by atoms with Gasteiger partial charge < -0.3 is 11.1 Å². The van der Waals surface area contributed by atoms with Gasteiger partial charge in [0, 0.05) is 0 Å². The average Bonchev–Trinajstić information content (AvgIpc) is 2.38. The molecule has 1 aliphatic rings. The summed E-state index contributed by atoms with van der Waals surface area (Å²) in [5, 5.41) is 3.09. The van der Waals surface area contributed by atoms with E-state index in [0.29, 0.717) is 5.92 Å². The summed E-state index contributed by atoms with van der Waals surface area (Å²) in [6.07, 6.45) is 3.81. The molecule has 2 unspecified atom stereocenters. The molecule has 1 amide bonds. The maximum Gasteiger partial charge on any atom is 0.240 e. The van der Waals surface area contributed by atoms with E-state index in [1.807, 2.05) is 19.1 Å². The topological polar surface area (TPSA) is 55.1 Å². The normalized spacial score (nSPS) is 27.9. The highest BCUT2D eigenvalue weighted by atomic mass is 16.2. The van der Waals surface area contributed by atoms with Gasteiger partial charge in [0.05, 0.1) is 11.6 Å². The number of benzene rings is 1. The van der Waals surface area contributed by atoms with E-state index in [-0.39, 0.29) is 11.9 Å². The van der Waals surface area contributed by atoms with Crippen molar-refractivity contribution in [2.75, 3.05) is 0 Å². The maximum atomic E-state index is 12.5. The summed E-state index contributed by atoms with van der Waals surface area (Å²) in [4.78, 5) is 12.5. The van der Waals surface area contributed by atoms with Crippen LogP contribution in [0.2, 0.25) is 0 Å². The molecule has 110 valence electrons. The Kier molecular flexibility index (Phi) is 4.48. The van der Waals surface area contributed by atoms with Crippen molar-refractivity contribution in [2.24, 2.45) is 11.7 Å². The van der Waals surface area contributed by atoms with Crippen LogP contribution in [0.1, 0.15) is 56.7 Å². The predicted molar refractivity (Wildman–Crippen MR) is 82.3 cm³/mol. The number of amides is 1. The van der Waals surface area contributed by atoms with Gasteiger partial charge in [-0.2, -0.15) is 0 Å². The van der Waals surface area contributed by atoms with Crippen molar-refractivity contribution >= 4 is 5.91 Å². The Labute approximate surface area is 121 Å². The third-order valence-electron chi connectivity index (χ3n) is 4.37. The molecular weight excluding hydrogens is 248 g/mol. The van der Waals surface area contributed by atoms with E-state index < -0.39 is 5.54 Å². The first kappa shape index (κ1) is 15.0. The summed E-state index contributed by atoms with van der Waals surface area (Å²) in [6, 6.07) is 8.24. The van der Waals surface area contributed by atoms with Crippen LogP contribution in [0.4, 0.5) is 0 Å². The minimum Gasteiger partial charge on any atom is -0.348 e. The number of hydrogen-bond donors (Lipinski definition) is 2. The fourth-order valence-electron chi connectivity index (χ4n) is 3.16. The number of nitrogens with two attached hydrogens (primary N) is 1. The lowest BCUT2D eigenvalue weighted by molar-refractivity contribution is -0.128. The predicted octanol–water partition coefficient (Wildman–Crippen LogP) is 3.08. The average molecular weight is 274 g/mol. The second-order valence-electron chi connectivity index (χ2n) is 6.47. The molecule has 2 rings (SSSR count). The highest BCUT2D eigenvalue weighted by Crippen LogP contribution is 2.31. The van der Waals surface area contributed by atoms with Crippen molar-refractivity contribution in [1.29, 1.82) is 0 Å². The number of rotatable bonds is 3. The van der Waals surface area contributed by atoms with E-state index >= 15 is 0 Å². The van der Waals surface area contributed by atoms with E-state index in [9.17, 15) is 4.79 Å². The Balaban J connectivity index is 2.03. The number of aryl methyl sites for hydroxylation is 1. The smallest absolute Gasteiger partial charge is 0.240 e. The molecule has 0 radical (unpaired) electrons. The van der Waals surface area contributed by atoms with Crippen LogP contribution < -0.4 is 11.1 Å². The van der Waals surface area contributed by atoms with Gasteiger partial charge in [-0.15, -0.1) is 0 Å². The molecule has 1 saturated carbocycles. The zero-order valence-electron chi connectivity index (χ0n) is 12.8. The lowest BCUT2D eigenvalue weighted by Crippen LogP contribution is -2.56.